The third-order valence-corrected chi connectivity index (χ3v) is 5.08. The average Bonchev–Trinajstić information content (AvgIpc) is 2.86. The summed E-state index contributed by atoms with van der Waals surface area (Å²) in [7, 11) is 2.12. The number of likely N-dealkylation sites (tertiary alicyclic amines) is 1. The molecule has 0 saturated carbocycles. The smallest absolute Gasteiger partial charge is 0.244 e. The molecule has 0 aliphatic carbocycles. The van der Waals surface area contributed by atoms with E-state index in [4.69, 9.17) is 10.5 Å². The molecular formula is C16H23N5O. The first-order valence-electron chi connectivity index (χ1n) is 7.89. The van der Waals surface area contributed by atoms with E-state index in [2.05, 4.69) is 42.1 Å². The summed E-state index contributed by atoms with van der Waals surface area (Å²) in [5, 5.41) is 17.2. The lowest BCUT2D eigenvalue weighted by Crippen LogP contribution is -2.51. The van der Waals surface area contributed by atoms with Gasteiger partial charge in [-0.05, 0) is 32.4 Å². The zero-order valence-electron chi connectivity index (χ0n) is 13.4. The quantitative estimate of drug-likeness (QED) is 0.867. The van der Waals surface area contributed by atoms with Gasteiger partial charge in [0.2, 0.25) is 11.8 Å². The van der Waals surface area contributed by atoms with Crippen LogP contribution in [0.3, 0.4) is 0 Å². The maximum atomic E-state index is 9.73. The number of piperidine rings is 1. The van der Waals surface area contributed by atoms with Gasteiger partial charge in [-0.3, -0.25) is 5.10 Å². The van der Waals surface area contributed by atoms with Gasteiger partial charge < -0.3 is 15.4 Å². The van der Waals surface area contributed by atoms with E-state index in [1.54, 1.807) is 0 Å². The fraction of sp³-hybridized carbons (Fsp3) is 0.625. The van der Waals surface area contributed by atoms with Crippen molar-refractivity contribution in [3.63, 3.8) is 0 Å². The van der Waals surface area contributed by atoms with Crippen molar-refractivity contribution in [3.8, 4) is 11.9 Å². The Balaban J connectivity index is 2.21. The molecule has 1 fully saturated rings. The Hall–Kier alpha value is -2.00. The first-order chi connectivity index (χ1) is 10.5. The summed E-state index contributed by atoms with van der Waals surface area (Å²) >= 11 is 0. The molecule has 1 aromatic heterocycles. The van der Waals surface area contributed by atoms with E-state index in [0.29, 0.717) is 11.5 Å². The van der Waals surface area contributed by atoms with E-state index in [-0.39, 0.29) is 17.2 Å². The largest absolute Gasteiger partial charge is 0.420 e. The predicted octanol–water partition coefficient (Wildman–Crippen LogP) is 1.66. The minimum atomic E-state index is -0.379. The lowest BCUT2D eigenvalue weighted by atomic mass is 9.61. The number of aromatic amines is 1. The van der Waals surface area contributed by atoms with Crippen LogP contribution in [0.15, 0.2) is 11.5 Å². The molecule has 3 rings (SSSR count). The van der Waals surface area contributed by atoms with E-state index in [9.17, 15) is 5.26 Å². The van der Waals surface area contributed by atoms with E-state index in [1.165, 1.54) is 0 Å². The van der Waals surface area contributed by atoms with Gasteiger partial charge in [-0.25, -0.2) is 0 Å². The van der Waals surface area contributed by atoms with Crippen molar-refractivity contribution < 1.29 is 4.74 Å². The van der Waals surface area contributed by atoms with Crippen molar-refractivity contribution in [3.05, 3.63) is 22.7 Å². The number of nitrogens with two attached hydrogens (primary N) is 1. The Bertz CT molecular complexity index is 656. The second-order valence-electron chi connectivity index (χ2n) is 6.47. The van der Waals surface area contributed by atoms with Gasteiger partial charge in [0.25, 0.3) is 0 Å². The fourth-order valence-electron chi connectivity index (χ4n) is 4.05. The van der Waals surface area contributed by atoms with Crippen molar-refractivity contribution in [2.24, 2.45) is 11.7 Å². The summed E-state index contributed by atoms with van der Waals surface area (Å²) in [5.41, 5.74) is 8.38. The van der Waals surface area contributed by atoms with E-state index in [0.717, 1.165) is 43.6 Å². The Labute approximate surface area is 130 Å². The summed E-state index contributed by atoms with van der Waals surface area (Å²) in [5.74, 6) is 1.03. The molecule has 1 spiro atoms. The Morgan fingerprint density at radius 3 is 3.00 bits per heavy atom. The summed E-state index contributed by atoms with van der Waals surface area (Å²) in [4.78, 5) is 2.30. The van der Waals surface area contributed by atoms with Crippen molar-refractivity contribution in [2.75, 3.05) is 20.1 Å². The number of ether oxygens (including phenoxy) is 1. The number of rotatable bonds is 2. The molecule has 6 heteroatoms. The highest BCUT2D eigenvalue weighted by atomic mass is 16.5. The van der Waals surface area contributed by atoms with Gasteiger partial charge in [-0.1, -0.05) is 20.3 Å². The minimum absolute atomic E-state index is 0.209. The van der Waals surface area contributed by atoms with Gasteiger partial charge in [-0.2, -0.15) is 5.26 Å². The molecule has 0 unspecified atom stereocenters. The highest BCUT2D eigenvalue weighted by Gasteiger charge is 2.52. The molecule has 6 nitrogen and oxygen atoms in total. The maximum Gasteiger partial charge on any atom is 0.244 e. The molecule has 0 amide bonds. The van der Waals surface area contributed by atoms with Crippen LogP contribution in [0.5, 0.6) is 5.88 Å². The number of H-pyrrole nitrogens is 1. The molecule has 118 valence electrons. The van der Waals surface area contributed by atoms with Crippen LogP contribution in [0.2, 0.25) is 0 Å². The number of aryl methyl sites for hydroxylation is 1. The Kier molecular flexibility index (Phi) is 3.61. The number of aromatic nitrogens is 2. The van der Waals surface area contributed by atoms with Crippen LogP contribution in [0.1, 0.15) is 37.9 Å². The average molecular weight is 301 g/mol. The van der Waals surface area contributed by atoms with Gasteiger partial charge in [0.05, 0.1) is 0 Å². The van der Waals surface area contributed by atoms with Crippen molar-refractivity contribution in [1.29, 1.82) is 5.26 Å². The summed E-state index contributed by atoms with van der Waals surface area (Å²) in [6.45, 7) is 6.18. The van der Waals surface area contributed by atoms with E-state index < -0.39 is 0 Å². The zero-order valence-corrected chi connectivity index (χ0v) is 13.4. The maximum absolute atomic E-state index is 9.73. The topological polar surface area (TPSA) is 91.0 Å². The second-order valence-corrected chi connectivity index (χ2v) is 6.47. The second kappa shape index (κ2) is 5.33. The first kappa shape index (κ1) is 14.9. The van der Waals surface area contributed by atoms with Gasteiger partial charge in [0.15, 0.2) is 0 Å². The van der Waals surface area contributed by atoms with Crippen molar-refractivity contribution in [1.82, 2.24) is 15.1 Å². The van der Waals surface area contributed by atoms with Crippen molar-refractivity contribution in [2.45, 2.75) is 38.5 Å². The minimum Gasteiger partial charge on any atom is -0.420 e. The van der Waals surface area contributed by atoms with Crippen molar-refractivity contribution >= 4 is 0 Å². The van der Waals surface area contributed by atoms with Gasteiger partial charge >= 0.3 is 0 Å². The lowest BCUT2D eigenvalue weighted by Gasteiger charge is -2.47. The van der Waals surface area contributed by atoms with Crippen LogP contribution in [0.4, 0.5) is 0 Å². The molecule has 0 aromatic carbocycles. The highest BCUT2D eigenvalue weighted by molar-refractivity contribution is 5.55. The van der Waals surface area contributed by atoms with Crippen LogP contribution in [-0.4, -0.2) is 35.2 Å². The summed E-state index contributed by atoms with van der Waals surface area (Å²) < 4.78 is 5.64. The zero-order chi connectivity index (χ0) is 15.9. The lowest BCUT2D eigenvalue weighted by molar-refractivity contribution is 0.135. The van der Waals surface area contributed by atoms with E-state index >= 15 is 0 Å². The summed E-state index contributed by atoms with van der Waals surface area (Å²) in [6, 6.07) is 2.33. The molecule has 0 radical (unpaired) electrons. The molecule has 0 bridgehead atoms. The predicted molar refractivity (Wildman–Crippen MR) is 83.0 cm³/mol. The molecular weight excluding hydrogens is 278 g/mol. The van der Waals surface area contributed by atoms with Gasteiger partial charge in [-0.15, -0.1) is 5.10 Å². The molecule has 2 aliphatic heterocycles. The molecule has 2 aliphatic rings. The third kappa shape index (κ3) is 1.92. The van der Waals surface area contributed by atoms with E-state index in [1.807, 2.05) is 0 Å². The number of nitriles is 1. The van der Waals surface area contributed by atoms with Crippen LogP contribution in [0, 0.1) is 17.2 Å². The number of nitrogens with zero attached hydrogens (tertiary/aromatic N) is 3. The molecule has 3 heterocycles. The Morgan fingerprint density at radius 2 is 2.36 bits per heavy atom. The van der Waals surface area contributed by atoms with Gasteiger partial charge in [0, 0.05) is 23.2 Å². The normalized spacial score (nSPS) is 28.4. The number of fused-ring (bicyclic) bond motifs is 2. The number of hydrogen-bond donors (Lipinski definition) is 2. The number of hydrogen-bond acceptors (Lipinski definition) is 5. The molecule has 3 N–H and O–H groups in total. The summed E-state index contributed by atoms with van der Waals surface area (Å²) in [6.07, 6.45) is 2.77. The molecule has 2 atom stereocenters. The number of nitrogens with one attached hydrogen (secondary N) is 1. The molecule has 1 aromatic rings. The first-order valence-corrected chi connectivity index (χ1v) is 7.89. The van der Waals surface area contributed by atoms with Crippen LogP contribution >= 0.6 is 0 Å². The van der Waals surface area contributed by atoms with Crippen LogP contribution in [0.25, 0.3) is 0 Å². The van der Waals surface area contributed by atoms with Crippen LogP contribution in [-0.2, 0) is 11.8 Å². The molecule has 22 heavy (non-hydrogen) atoms. The fourth-order valence-corrected chi connectivity index (χ4v) is 4.05. The highest BCUT2D eigenvalue weighted by Crippen LogP contribution is 2.52. The standard InChI is InChI=1S/C16H23N5O/c1-4-5-12-13-15(20-19-12)22-14(18)11(8-17)16(13)6-7-21(3)9-10(16)2/h10H,4-7,9,18H2,1-3H3,(H,19,20)/t10-,16-/m1/s1. The molecule has 1 saturated heterocycles. The number of allylic oxidation sites excluding steroid dienone is 1. The Morgan fingerprint density at radius 1 is 1.59 bits per heavy atom. The monoisotopic (exact) mass is 301 g/mol. The van der Waals surface area contributed by atoms with Gasteiger partial charge in [0.1, 0.15) is 11.6 Å². The third-order valence-electron chi connectivity index (χ3n) is 5.08. The van der Waals surface area contributed by atoms with Crippen LogP contribution < -0.4 is 10.5 Å². The SMILES string of the molecule is CCCc1[nH]nc2c1[C@@]1(CCN(C)C[C@H]1C)C(C#N)=C(N)O2.